The number of amides is 1. The highest BCUT2D eigenvalue weighted by atomic mass is 19.1. The molecule has 1 saturated heterocycles. The molecule has 8 nitrogen and oxygen atoms in total. The number of carbonyl (C=O) groups excluding carboxylic acids is 1. The zero-order valence-corrected chi connectivity index (χ0v) is 20.9. The Balaban J connectivity index is 1.41. The van der Waals surface area contributed by atoms with Gasteiger partial charge in [-0.05, 0) is 36.6 Å². The zero-order valence-electron chi connectivity index (χ0n) is 20.9. The van der Waals surface area contributed by atoms with Crippen LogP contribution in [0.3, 0.4) is 0 Å². The molecule has 0 spiro atoms. The first-order chi connectivity index (χ1) is 17.3. The van der Waals surface area contributed by atoms with Crippen LogP contribution in [0.5, 0.6) is 0 Å². The van der Waals surface area contributed by atoms with Gasteiger partial charge in [-0.15, -0.1) is 0 Å². The lowest BCUT2D eigenvalue weighted by Crippen LogP contribution is -2.33. The average Bonchev–Trinajstić information content (AvgIpc) is 3.38. The minimum atomic E-state index is -0.554. The molecule has 2 aromatic carbocycles. The van der Waals surface area contributed by atoms with E-state index in [-0.39, 0.29) is 23.3 Å². The summed E-state index contributed by atoms with van der Waals surface area (Å²) < 4.78 is 20.4. The third kappa shape index (κ3) is 4.41. The molecule has 2 aromatic heterocycles. The van der Waals surface area contributed by atoms with Crippen molar-refractivity contribution in [3.63, 3.8) is 0 Å². The Morgan fingerprint density at radius 3 is 2.58 bits per heavy atom. The van der Waals surface area contributed by atoms with Gasteiger partial charge in [0.15, 0.2) is 5.82 Å². The van der Waals surface area contributed by atoms with Crippen LogP contribution in [0.25, 0.3) is 22.0 Å². The van der Waals surface area contributed by atoms with Gasteiger partial charge in [-0.25, -0.2) is 14.4 Å². The highest BCUT2D eigenvalue weighted by Crippen LogP contribution is 2.35. The van der Waals surface area contributed by atoms with E-state index in [9.17, 15) is 9.18 Å². The van der Waals surface area contributed by atoms with E-state index in [1.807, 2.05) is 18.2 Å². The number of aromatic nitrogens is 4. The third-order valence-corrected chi connectivity index (χ3v) is 6.68. The second-order valence-electron chi connectivity index (χ2n) is 9.70. The van der Waals surface area contributed by atoms with Crippen molar-refractivity contribution in [1.29, 1.82) is 0 Å². The Morgan fingerprint density at radius 2 is 1.92 bits per heavy atom. The second kappa shape index (κ2) is 9.64. The van der Waals surface area contributed by atoms with Crippen LogP contribution in [-0.2, 0) is 0 Å². The van der Waals surface area contributed by atoms with E-state index in [4.69, 9.17) is 4.52 Å². The van der Waals surface area contributed by atoms with Crippen molar-refractivity contribution in [1.82, 2.24) is 25.0 Å². The second-order valence-corrected chi connectivity index (χ2v) is 9.70. The summed E-state index contributed by atoms with van der Waals surface area (Å²) >= 11 is 0. The van der Waals surface area contributed by atoms with E-state index in [1.165, 1.54) is 17.0 Å². The third-order valence-electron chi connectivity index (χ3n) is 6.68. The monoisotopic (exact) mass is 488 g/mol. The van der Waals surface area contributed by atoms with Gasteiger partial charge in [0, 0.05) is 50.0 Å². The van der Waals surface area contributed by atoms with E-state index in [0.29, 0.717) is 11.5 Å². The molecule has 0 radical (unpaired) electrons. The highest BCUT2D eigenvalue weighted by molar-refractivity contribution is 6.00. The van der Waals surface area contributed by atoms with Gasteiger partial charge >= 0.3 is 0 Å². The standard InChI is InChI=1S/C27H29FN6O2/c1-16(2)24-31-26(36-32-24)17-10-12-34(13-11-17)25-21-7-5-6-19(23(21)29-15-30-25)18-8-9-20(22(28)14-18)27(35)33(3)4/h5-9,14-17H,10-13H2,1-4H3. The number of anilines is 1. The Labute approximate surface area is 209 Å². The molecule has 5 rings (SSSR count). The summed E-state index contributed by atoms with van der Waals surface area (Å²) in [5.41, 5.74) is 2.24. The largest absolute Gasteiger partial charge is 0.356 e. The summed E-state index contributed by atoms with van der Waals surface area (Å²) in [6, 6.07) is 10.5. The van der Waals surface area contributed by atoms with Crippen molar-refractivity contribution in [3.8, 4) is 11.1 Å². The molecule has 0 bridgehead atoms. The first-order valence-electron chi connectivity index (χ1n) is 12.2. The maximum Gasteiger partial charge on any atom is 0.256 e. The Kier molecular flexibility index (Phi) is 6.38. The van der Waals surface area contributed by atoms with Gasteiger partial charge in [0.25, 0.3) is 5.91 Å². The van der Waals surface area contributed by atoms with Gasteiger partial charge in [-0.2, -0.15) is 4.98 Å². The van der Waals surface area contributed by atoms with Gasteiger partial charge in [-0.3, -0.25) is 4.79 Å². The molecule has 3 heterocycles. The molecule has 1 amide bonds. The number of nitrogens with zero attached hydrogens (tertiary/aromatic N) is 6. The lowest BCUT2D eigenvalue weighted by Gasteiger charge is -2.32. The fourth-order valence-corrected chi connectivity index (χ4v) is 4.64. The van der Waals surface area contributed by atoms with E-state index >= 15 is 0 Å². The van der Waals surface area contributed by atoms with Crippen molar-refractivity contribution in [2.24, 2.45) is 0 Å². The molecule has 36 heavy (non-hydrogen) atoms. The van der Waals surface area contributed by atoms with Crippen molar-refractivity contribution in [2.45, 2.75) is 38.5 Å². The zero-order chi connectivity index (χ0) is 25.4. The van der Waals surface area contributed by atoms with E-state index in [1.54, 1.807) is 26.5 Å². The minimum absolute atomic E-state index is 0.0453. The first kappa shape index (κ1) is 23.8. The van der Waals surface area contributed by atoms with Crippen molar-refractivity contribution in [2.75, 3.05) is 32.1 Å². The molecule has 1 aliphatic rings. The SMILES string of the molecule is CC(C)c1noc(C2CCN(c3ncnc4c(-c5ccc(C(=O)N(C)C)c(F)c5)cccc34)CC2)n1. The normalized spacial score (nSPS) is 14.6. The molecule has 1 fully saturated rings. The van der Waals surface area contributed by atoms with Crippen molar-refractivity contribution < 1.29 is 13.7 Å². The number of piperidine rings is 1. The summed E-state index contributed by atoms with van der Waals surface area (Å²) in [5.74, 6) is 1.86. The summed E-state index contributed by atoms with van der Waals surface area (Å²) in [6.45, 7) is 5.71. The number of benzene rings is 2. The maximum absolute atomic E-state index is 14.8. The van der Waals surface area contributed by atoms with Crippen LogP contribution >= 0.6 is 0 Å². The smallest absolute Gasteiger partial charge is 0.256 e. The quantitative estimate of drug-likeness (QED) is 0.389. The fourth-order valence-electron chi connectivity index (χ4n) is 4.64. The molecule has 186 valence electrons. The van der Waals surface area contributed by atoms with Crippen LogP contribution in [0.15, 0.2) is 47.2 Å². The molecule has 0 saturated carbocycles. The summed E-state index contributed by atoms with van der Waals surface area (Å²) in [6.07, 6.45) is 3.33. The van der Waals surface area contributed by atoms with Gasteiger partial charge in [0.1, 0.15) is 18.0 Å². The number of rotatable bonds is 5. The maximum atomic E-state index is 14.8. The number of carbonyl (C=O) groups is 1. The number of para-hydroxylation sites is 1. The summed E-state index contributed by atoms with van der Waals surface area (Å²) in [7, 11) is 3.21. The molecule has 0 atom stereocenters. The van der Waals surface area contributed by atoms with Gasteiger partial charge in [-0.1, -0.05) is 37.2 Å². The van der Waals surface area contributed by atoms with E-state index in [0.717, 1.165) is 54.0 Å². The van der Waals surface area contributed by atoms with Crippen LogP contribution in [0.2, 0.25) is 0 Å². The summed E-state index contributed by atoms with van der Waals surface area (Å²) in [4.78, 5) is 29.6. The first-order valence-corrected chi connectivity index (χ1v) is 12.2. The molecule has 0 unspecified atom stereocenters. The predicted molar refractivity (Wildman–Crippen MR) is 136 cm³/mol. The molecule has 1 aliphatic heterocycles. The van der Waals surface area contributed by atoms with E-state index < -0.39 is 5.82 Å². The fraction of sp³-hybridized carbons (Fsp3) is 0.370. The number of hydrogen-bond donors (Lipinski definition) is 0. The number of halogens is 1. The Morgan fingerprint density at radius 1 is 1.14 bits per heavy atom. The highest BCUT2D eigenvalue weighted by Gasteiger charge is 2.27. The molecule has 4 aromatic rings. The molecule has 9 heteroatoms. The minimum Gasteiger partial charge on any atom is -0.356 e. The van der Waals surface area contributed by atoms with Crippen molar-refractivity contribution in [3.05, 3.63) is 65.8 Å². The lowest BCUT2D eigenvalue weighted by molar-refractivity contribution is 0.0823. The molecule has 0 N–H and O–H groups in total. The van der Waals surface area contributed by atoms with Crippen molar-refractivity contribution >= 4 is 22.6 Å². The van der Waals surface area contributed by atoms with Crippen LogP contribution < -0.4 is 4.90 Å². The van der Waals surface area contributed by atoms with Crippen LogP contribution in [0.4, 0.5) is 10.2 Å². The number of hydrogen-bond acceptors (Lipinski definition) is 7. The van der Waals surface area contributed by atoms with Gasteiger partial charge < -0.3 is 14.3 Å². The van der Waals surface area contributed by atoms with Gasteiger partial charge in [0.05, 0.1) is 11.1 Å². The van der Waals surface area contributed by atoms with Crippen LogP contribution in [0, 0.1) is 5.82 Å². The van der Waals surface area contributed by atoms with Gasteiger partial charge in [0.2, 0.25) is 5.89 Å². The number of fused-ring (bicyclic) bond motifs is 1. The Bertz CT molecular complexity index is 1410. The average molecular weight is 489 g/mol. The molecule has 0 aliphatic carbocycles. The molecular formula is C27H29FN6O2. The summed E-state index contributed by atoms with van der Waals surface area (Å²) in [5, 5.41) is 5.01. The Hall–Kier alpha value is -3.88. The van der Waals surface area contributed by atoms with Crippen LogP contribution in [0.1, 0.15) is 60.6 Å². The van der Waals surface area contributed by atoms with Crippen LogP contribution in [-0.4, -0.2) is 58.1 Å². The lowest BCUT2D eigenvalue weighted by atomic mass is 9.96. The molecular weight excluding hydrogens is 459 g/mol. The topological polar surface area (TPSA) is 88.2 Å². The van der Waals surface area contributed by atoms with E-state index in [2.05, 4.69) is 38.9 Å². The predicted octanol–water partition coefficient (Wildman–Crippen LogP) is 5.03.